The highest BCUT2D eigenvalue weighted by atomic mass is 16.2. The maximum absolute atomic E-state index is 12.9. The Morgan fingerprint density at radius 3 is 2.32 bits per heavy atom. The monoisotopic (exact) mass is 499 g/mol. The van der Waals surface area contributed by atoms with Crippen molar-refractivity contribution in [3.05, 3.63) is 70.6 Å². The van der Waals surface area contributed by atoms with Crippen molar-refractivity contribution < 1.29 is 4.79 Å². The van der Waals surface area contributed by atoms with Gasteiger partial charge in [-0.1, -0.05) is 32.9 Å². The van der Waals surface area contributed by atoms with E-state index >= 15 is 0 Å². The SMILES string of the molecule is CC(=O)N1CCN(c2ccc(Nc3ncc4c(=O)n(C)n(-c5cccc(C(C)(C)C)c5)c4n3)cc2)CC1. The molecule has 0 bridgehead atoms. The summed E-state index contributed by atoms with van der Waals surface area (Å²) in [5.41, 5.74) is 4.40. The van der Waals surface area contributed by atoms with Crippen LogP contribution in [0.1, 0.15) is 33.3 Å². The first-order valence-electron chi connectivity index (χ1n) is 12.5. The minimum Gasteiger partial charge on any atom is -0.368 e. The van der Waals surface area contributed by atoms with Gasteiger partial charge in [0.25, 0.3) is 5.56 Å². The number of aromatic nitrogens is 4. The summed E-state index contributed by atoms with van der Waals surface area (Å²) in [5, 5.41) is 3.74. The molecule has 4 aromatic rings. The first kappa shape index (κ1) is 24.5. The van der Waals surface area contributed by atoms with Gasteiger partial charge in [-0.3, -0.25) is 9.59 Å². The van der Waals surface area contributed by atoms with Gasteiger partial charge in [0.15, 0.2) is 5.65 Å². The molecular weight excluding hydrogens is 466 g/mol. The maximum Gasteiger partial charge on any atom is 0.277 e. The molecule has 2 aromatic carbocycles. The number of hydrogen-bond donors (Lipinski definition) is 1. The molecule has 192 valence electrons. The largest absolute Gasteiger partial charge is 0.368 e. The van der Waals surface area contributed by atoms with Crippen molar-refractivity contribution in [1.82, 2.24) is 24.2 Å². The smallest absolute Gasteiger partial charge is 0.277 e. The van der Waals surface area contributed by atoms with Crippen molar-refractivity contribution in [2.24, 2.45) is 7.05 Å². The zero-order valence-corrected chi connectivity index (χ0v) is 22.0. The zero-order valence-electron chi connectivity index (χ0n) is 22.0. The van der Waals surface area contributed by atoms with E-state index in [0.717, 1.165) is 43.2 Å². The molecule has 1 aliphatic rings. The van der Waals surface area contributed by atoms with Crippen LogP contribution in [0, 0.1) is 0 Å². The van der Waals surface area contributed by atoms with Crippen LogP contribution in [0.2, 0.25) is 0 Å². The van der Waals surface area contributed by atoms with E-state index in [2.05, 4.69) is 60.2 Å². The second-order valence-corrected chi connectivity index (χ2v) is 10.5. The summed E-state index contributed by atoms with van der Waals surface area (Å²) in [4.78, 5) is 37.8. The van der Waals surface area contributed by atoms with Gasteiger partial charge < -0.3 is 15.1 Å². The van der Waals surface area contributed by atoms with Crippen molar-refractivity contribution in [1.29, 1.82) is 0 Å². The van der Waals surface area contributed by atoms with E-state index in [9.17, 15) is 9.59 Å². The summed E-state index contributed by atoms with van der Waals surface area (Å²) in [7, 11) is 1.75. The number of fused-ring (bicyclic) bond motifs is 1. The van der Waals surface area contributed by atoms with Gasteiger partial charge in [-0.2, -0.15) is 4.98 Å². The Morgan fingerprint density at radius 1 is 0.973 bits per heavy atom. The van der Waals surface area contributed by atoms with E-state index in [1.54, 1.807) is 24.9 Å². The van der Waals surface area contributed by atoms with Gasteiger partial charge in [0.2, 0.25) is 11.9 Å². The number of nitrogens with zero attached hydrogens (tertiary/aromatic N) is 6. The molecule has 1 amide bonds. The predicted molar refractivity (Wildman–Crippen MR) is 147 cm³/mol. The average molecular weight is 500 g/mol. The van der Waals surface area contributed by atoms with Crippen LogP contribution in [0.5, 0.6) is 0 Å². The molecule has 0 aliphatic carbocycles. The molecule has 0 saturated carbocycles. The summed E-state index contributed by atoms with van der Waals surface area (Å²) < 4.78 is 3.41. The van der Waals surface area contributed by atoms with Gasteiger partial charge in [-0.25, -0.2) is 14.3 Å². The molecule has 0 unspecified atom stereocenters. The van der Waals surface area contributed by atoms with Gasteiger partial charge in [0.1, 0.15) is 5.39 Å². The predicted octanol–water partition coefficient (Wildman–Crippen LogP) is 3.83. The Hall–Kier alpha value is -4.14. The summed E-state index contributed by atoms with van der Waals surface area (Å²) >= 11 is 0. The molecule has 1 fully saturated rings. The second kappa shape index (κ2) is 9.38. The van der Waals surface area contributed by atoms with E-state index < -0.39 is 0 Å². The van der Waals surface area contributed by atoms with Crippen LogP contribution in [-0.4, -0.2) is 56.3 Å². The Labute approximate surface area is 216 Å². The van der Waals surface area contributed by atoms with Gasteiger partial charge in [-0.15, -0.1) is 0 Å². The van der Waals surface area contributed by atoms with E-state index in [1.807, 2.05) is 33.8 Å². The third kappa shape index (κ3) is 4.81. The Kier molecular flexibility index (Phi) is 6.23. The van der Waals surface area contributed by atoms with Crippen LogP contribution in [0.25, 0.3) is 16.7 Å². The fourth-order valence-corrected chi connectivity index (χ4v) is 4.72. The second-order valence-electron chi connectivity index (χ2n) is 10.5. The number of benzene rings is 2. The van der Waals surface area contributed by atoms with E-state index in [4.69, 9.17) is 4.98 Å². The molecule has 2 aromatic heterocycles. The Bertz CT molecular complexity index is 1500. The normalized spacial score (nSPS) is 14.3. The summed E-state index contributed by atoms with van der Waals surface area (Å²) in [6, 6.07) is 16.3. The third-order valence-electron chi connectivity index (χ3n) is 6.96. The fraction of sp³-hybridized carbons (Fsp3) is 0.357. The quantitative estimate of drug-likeness (QED) is 0.459. The van der Waals surface area contributed by atoms with Crippen LogP contribution in [0.3, 0.4) is 0 Å². The van der Waals surface area contributed by atoms with Crippen molar-refractivity contribution in [3.63, 3.8) is 0 Å². The molecule has 5 rings (SSSR count). The van der Waals surface area contributed by atoms with Gasteiger partial charge in [0, 0.05) is 57.7 Å². The van der Waals surface area contributed by atoms with Gasteiger partial charge >= 0.3 is 0 Å². The van der Waals surface area contributed by atoms with Crippen LogP contribution in [0.15, 0.2) is 59.5 Å². The molecule has 1 saturated heterocycles. The summed E-state index contributed by atoms with van der Waals surface area (Å²) in [6.07, 6.45) is 1.58. The lowest BCUT2D eigenvalue weighted by molar-refractivity contribution is -0.129. The number of carbonyl (C=O) groups excluding carboxylic acids is 1. The van der Waals surface area contributed by atoms with E-state index in [0.29, 0.717) is 17.0 Å². The average Bonchev–Trinajstić information content (AvgIpc) is 3.13. The highest BCUT2D eigenvalue weighted by Crippen LogP contribution is 2.26. The fourth-order valence-electron chi connectivity index (χ4n) is 4.72. The minimum atomic E-state index is -0.142. The highest BCUT2D eigenvalue weighted by Gasteiger charge is 2.20. The number of carbonyl (C=O) groups is 1. The topological polar surface area (TPSA) is 88.3 Å². The van der Waals surface area contributed by atoms with Crippen LogP contribution in [-0.2, 0) is 17.3 Å². The van der Waals surface area contributed by atoms with Crippen molar-refractivity contribution in [3.8, 4) is 5.69 Å². The maximum atomic E-state index is 12.9. The van der Waals surface area contributed by atoms with Gasteiger partial charge in [0.05, 0.1) is 5.69 Å². The number of piperazine rings is 1. The standard InChI is InChI=1S/C28H33N7O2/c1-19(36)33-13-15-34(16-14-33)22-11-9-21(10-12-22)30-27-29-18-24-25(31-27)35(32(5)26(24)37)23-8-6-7-20(17-23)28(2,3)4/h6-12,17-18H,13-16H2,1-5H3,(H,29,30,31). The molecule has 1 aliphatic heterocycles. The first-order valence-corrected chi connectivity index (χ1v) is 12.5. The number of anilines is 3. The lowest BCUT2D eigenvalue weighted by Crippen LogP contribution is -2.48. The molecule has 0 radical (unpaired) electrons. The first-order chi connectivity index (χ1) is 17.6. The molecule has 9 heteroatoms. The Morgan fingerprint density at radius 2 is 1.68 bits per heavy atom. The van der Waals surface area contributed by atoms with Crippen LogP contribution >= 0.6 is 0 Å². The molecule has 9 nitrogen and oxygen atoms in total. The van der Waals surface area contributed by atoms with Crippen molar-refractivity contribution >= 4 is 34.3 Å². The minimum absolute atomic E-state index is 0.0211. The molecular formula is C28H33N7O2. The van der Waals surface area contributed by atoms with Gasteiger partial charge in [-0.05, 0) is 47.4 Å². The molecule has 0 spiro atoms. The van der Waals surface area contributed by atoms with Crippen LogP contribution < -0.4 is 15.8 Å². The third-order valence-corrected chi connectivity index (χ3v) is 6.96. The zero-order chi connectivity index (χ0) is 26.3. The number of amides is 1. The van der Waals surface area contributed by atoms with E-state index in [1.165, 1.54) is 5.56 Å². The molecule has 1 N–H and O–H groups in total. The number of hydrogen-bond acceptors (Lipinski definition) is 6. The number of rotatable bonds is 4. The summed E-state index contributed by atoms with van der Waals surface area (Å²) in [6.45, 7) is 11.2. The highest BCUT2D eigenvalue weighted by molar-refractivity contribution is 5.77. The number of nitrogens with one attached hydrogen (secondary N) is 1. The summed E-state index contributed by atoms with van der Waals surface area (Å²) in [5.74, 6) is 0.545. The van der Waals surface area contributed by atoms with Crippen LogP contribution in [0.4, 0.5) is 17.3 Å². The lowest BCUT2D eigenvalue weighted by Gasteiger charge is -2.35. The van der Waals surface area contributed by atoms with E-state index in [-0.39, 0.29) is 16.9 Å². The molecule has 0 atom stereocenters. The molecule has 3 heterocycles. The van der Waals surface area contributed by atoms with Crippen molar-refractivity contribution in [2.75, 3.05) is 36.4 Å². The van der Waals surface area contributed by atoms with Crippen molar-refractivity contribution in [2.45, 2.75) is 33.1 Å². The Balaban J connectivity index is 1.41. The molecule has 37 heavy (non-hydrogen) atoms. The lowest BCUT2D eigenvalue weighted by atomic mass is 9.87.